The Morgan fingerprint density at radius 3 is 2.73 bits per heavy atom. The summed E-state index contributed by atoms with van der Waals surface area (Å²) in [6.07, 6.45) is 3.04. The second-order valence-corrected chi connectivity index (χ2v) is 8.50. The van der Waals surface area contributed by atoms with Gasteiger partial charge in [-0.3, -0.25) is 4.40 Å². The van der Waals surface area contributed by atoms with Gasteiger partial charge in [-0.05, 0) is 36.8 Å². The average molecular weight is 531 g/mol. The maximum atomic E-state index is 15.0. The van der Waals surface area contributed by atoms with Crippen molar-refractivity contribution in [2.45, 2.75) is 13.5 Å². The van der Waals surface area contributed by atoms with E-state index in [0.29, 0.717) is 45.1 Å². The molecule has 0 saturated carbocycles. The van der Waals surface area contributed by atoms with Gasteiger partial charge in [0, 0.05) is 24.0 Å². The minimum Gasteiger partial charge on any atom is -0.383 e. The lowest BCUT2D eigenvalue weighted by Gasteiger charge is -2.11. The number of pyridine rings is 2. The number of aromatic nitrogens is 6. The standard InChI is InChI=1S/C27H19FN12/c1-15-17(12-30)4-2-6-19(15)26-35-24(23(28)25(31)36-26)21(37-32)14-33-13-18-5-3-7-20(34-18)27-39-38-22-10-16(11-29)8-9-40(22)27/h2-10,14,32-33H,13H2,1H3,(H2,31,35,36)/b21-14-,37-32?. The van der Waals surface area contributed by atoms with Gasteiger partial charge in [0.25, 0.3) is 0 Å². The molecular weight excluding hydrogens is 511 g/mol. The summed E-state index contributed by atoms with van der Waals surface area (Å²) in [5, 5.41) is 33.2. The third-order valence-corrected chi connectivity index (χ3v) is 6.03. The molecule has 40 heavy (non-hydrogen) atoms. The zero-order valence-electron chi connectivity index (χ0n) is 21.0. The van der Waals surface area contributed by atoms with Crippen LogP contribution in [-0.2, 0) is 6.54 Å². The molecule has 4 heterocycles. The number of fused-ring (bicyclic) bond motifs is 1. The Morgan fingerprint density at radius 1 is 1.12 bits per heavy atom. The van der Waals surface area contributed by atoms with E-state index < -0.39 is 11.6 Å². The Bertz CT molecular complexity index is 1890. The summed E-state index contributed by atoms with van der Waals surface area (Å²) < 4.78 is 16.7. The number of hydrogen-bond donors (Lipinski definition) is 3. The first-order valence-electron chi connectivity index (χ1n) is 11.8. The number of nitrogens with two attached hydrogens (primary N) is 1. The summed E-state index contributed by atoms with van der Waals surface area (Å²) in [7, 11) is 0. The highest BCUT2D eigenvalue weighted by molar-refractivity contribution is 5.70. The van der Waals surface area contributed by atoms with Gasteiger partial charge in [-0.15, -0.1) is 10.2 Å². The Morgan fingerprint density at radius 2 is 1.95 bits per heavy atom. The number of nitrogen functional groups attached to an aromatic ring is 1. The fourth-order valence-electron chi connectivity index (χ4n) is 4.00. The molecule has 4 N–H and O–H groups in total. The molecule has 0 aliphatic heterocycles. The molecule has 0 fully saturated rings. The van der Waals surface area contributed by atoms with Crippen LogP contribution in [0.4, 0.5) is 10.2 Å². The van der Waals surface area contributed by atoms with Crippen LogP contribution in [0.5, 0.6) is 0 Å². The van der Waals surface area contributed by atoms with Crippen molar-refractivity contribution in [3.8, 4) is 35.0 Å². The number of hydrogen-bond acceptors (Lipinski definition) is 11. The number of nitrogens with zero attached hydrogens (tertiary/aromatic N) is 9. The third kappa shape index (κ3) is 4.78. The minimum absolute atomic E-state index is 0.106. The van der Waals surface area contributed by atoms with Gasteiger partial charge in [0.05, 0.1) is 35.5 Å². The van der Waals surface area contributed by atoms with E-state index in [2.05, 4.69) is 47.7 Å². The van der Waals surface area contributed by atoms with Gasteiger partial charge >= 0.3 is 0 Å². The van der Waals surface area contributed by atoms with Crippen molar-refractivity contribution in [2.75, 3.05) is 5.73 Å². The molecule has 5 aromatic rings. The first-order valence-corrected chi connectivity index (χ1v) is 11.8. The van der Waals surface area contributed by atoms with Crippen LogP contribution in [0.2, 0.25) is 0 Å². The van der Waals surface area contributed by atoms with Crippen molar-refractivity contribution >= 4 is 17.2 Å². The molecule has 0 atom stereocenters. The summed E-state index contributed by atoms with van der Waals surface area (Å²) in [5.74, 6) is -0.719. The number of rotatable bonds is 7. The Labute approximate surface area is 226 Å². The molecule has 0 spiro atoms. The van der Waals surface area contributed by atoms with Crippen LogP contribution >= 0.6 is 0 Å². The highest BCUT2D eigenvalue weighted by Crippen LogP contribution is 2.28. The smallest absolute Gasteiger partial charge is 0.193 e. The minimum atomic E-state index is -0.916. The van der Waals surface area contributed by atoms with Gasteiger partial charge in [0.15, 0.2) is 28.9 Å². The molecule has 4 aromatic heterocycles. The van der Waals surface area contributed by atoms with Crippen molar-refractivity contribution in [3.63, 3.8) is 0 Å². The molecule has 0 saturated heterocycles. The molecule has 0 aliphatic rings. The van der Waals surface area contributed by atoms with Gasteiger partial charge in [-0.1, -0.05) is 18.2 Å². The van der Waals surface area contributed by atoms with Crippen LogP contribution < -0.4 is 11.1 Å². The molecule has 0 bridgehead atoms. The van der Waals surface area contributed by atoms with E-state index in [4.69, 9.17) is 16.5 Å². The largest absolute Gasteiger partial charge is 0.383 e. The van der Waals surface area contributed by atoms with E-state index in [0.717, 1.165) is 0 Å². The normalized spacial score (nSPS) is 11.2. The van der Waals surface area contributed by atoms with Crippen molar-refractivity contribution in [1.82, 2.24) is 34.9 Å². The van der Waals surface area contributed by atoms with Crippen LogP contribution in [0.15, 0.2) is 66.0 Å². The highest BCUT2D eigenvalue weighted by Gasteiger charge is 2.19. The fraction of sp³-hybridized carbons (Fsp3) is 0.0741. The topological polar surface area (TPSA) is 191 Å². The van der Waals surface area contributed by atoms with Gasteiger partial charge in [-0.25, -0.2) is 24.9 Å². The Balaban J connectivity index is 1.41. The first kappa shape index (κ1) is 25.6. The maximum absolute atomic E-state index is 15.0. The summed E-state index contributed by atoms with van der Waals surface area (Å²) in [6, 6.07) is 17.8. The van der Waals surface area contributed by atoms with Gasteiger partial charge in [0.2, 0.25) is 0 Å². The Hall–Kier alpha value is -6.08. The molecular formula is C27H19FN12. The quantitative estimate of drug-likeness (QED) is 0.259. The molecule has 12 nitrogen and oxygen atoms in total. The summed E-state index contributed by atoms with van der Waals surface area (Å²) >= 11 is 0. The first-order chi connectivity index (χ1) is 19.4. The second-order valence-electron chi connectivity index (χ2n) is 8.50. The lowest BCUT2D eigenvalue weighted by molar-refractivity contribution is 0.614. The number of nitriles is 2. The zero-order chi connectivity index (χ0) is 28.2. The van der Waals surface area contributed by atoms with Crippen molar-refractivity contribution < 1.29 is 4.39 Å². The predicted octanol–water partition coefficient (Wildman–Crippen LogP) is 4.14. The van der Waals surface area contributed by atoms with Crippen molar-refractivity contribution in [2.24, 2.45) is 5.11 Å². The molecule has 194 valence electrons. The van der Waals surface area contributed by atoms with E-state index in [1.165, 1.54) is 6.20 Å². The van der Waals surface area contributed by atoms with E-state index >= 15 is 0 Å². The van der Waals surface area contributed by atoms with Gasteiger partial charge in [-0.2, -0.15) is 15.6 Å². The molecule has 0 radical (unpaired) electrons. The lowest BCUT2D eigenvalue weighted by Crippen LogP contribution is -2.10. The fourth-order valence-corrected chi connectivity index (χ4v) is 4.00. The van der Waals surface area contributed by atoms with E-state index in [-0.39, 0.29) is 23.8 Å². The van der Waals surface area contributed by atoms with Crippen LogP contribution in [0, 0.1) is 40.9 Å². The van der Waals surface area contributed by atoms with Crippen molar-refractivity contribution in [1.29, 1.82) is 16.1 Å². The highest BCUT2D eigenvalue weighted by atomic mass is 19.1. The van der Waals surface area contributed by atoms with Crippen LogP contribution in [0.3, 0.4) is 0 Å². The monoisotopic (exact) mass is 530 g/mol. The third-order valence-electron chi connectivity index (χ3n) is 6.03. The summed E-state index contributed by atoms with van der Waals surface area (Å²) in [5.41, 5.74) is 16.8. The Kier molecular flexibility index (Phi) is 6.86. The summed E-state index contributed by atoms with van der Waals surface area (Å²) in [6.45, 7) is 1.94. The molecule has 0 aliphatic carbocycles. The van der Waals surface area contributed by atoms with E-state index in [1.807, 2.05) is 0 Å². The SMILES string of the molecule is Cc1c(C#N)cccc1-c1nc(N)c(F)c(/C(=C/NCc2cccc(-c3nnc4cc(C#N)ccn34)n2)N=N)n1. The lowest BCUT2D eigenvalue weighted by atomic mass is 10.0. The van der Waals surface area contributed by atoms with Crippen LogP contribution in [0.1, 0.15) is 28.1 Å². The number of benzene rings is 1. The molecule has 13 heteroatoms. The number of halogens is 1. The predicted molar refractivity (Wildman–Crippen MR) is 142 cm³/mol. The summed E-state index contributed by atoms with van der Waals surface area (Å²) in [4.78, 5) is 12.9. The second kappa shape index (κ2) is 10.7. The number of anilines is 1. The number of nitrogens with one attached hydrogen (secondary N) is 2. The van der Waals surface area contributed by atoms with Crippen molar-refractivity contribution in [3.05, 3.63) is 94.8 Å². The van der Waals surface area contributed by atoms with E-state index in [1.54, 1.807) is 66.1 Å². The van der Waals surface area contributed by atoms with Crippen LogP contribution in [0.25, 0.3) is 34.3 Å². The van der Waals surface area contributed by atoms with Crippen LogP contribution in [-0.4, -0.2) is 29.5 Å². The zero-order valence-corrected chi connectivity index (χ0v) is 21.0. The molecule has 5 rings (SSSR count). The molecule has 0 amide bonds. The van der Waals surface area contributed by atoms with Gasteiger partial charge < -0.3 is 11.1 Å². The van der Waals surface area contributed by atoms with Gasteiger partial charge in [0.1, 0.15) is 17.1 Å². The maximum Gasteiger partial charge on any atom is 0.193 e. The van der Waals surface area contributed by atoms with E-state index in [9.17, 15) is 9.65 Å². The molecule has 1 aromatic carbocycles. The molecule has 0 unspecified atom stereocenters. The average Bonchev–Trinajstić information content (AvgIpc) is 3.40.